The summed E-state index contributed by atoms with van der Waals surface area (Å²) in [6.45, 7) is 8.42. The van der Waals surface area contributed by atoms with E-state index in [9.17, 15) is 9.59 Å². The average molecular weight is 279 g/mol. The van der Waals surface area contributed by atoms with Crippen LogP contribution in [0.2, 0.25) is 0 Å². The topological polar surface area (TPSA) is 65.5 Å². The Bertz CT molecular complexity index is 429. The summed E-state index contributed by atoms with van der Waals surface area (Å²) < 4.78 is 10.1. The van der Waals surface area contributed by atoms with E-state index in [1.54, 1.807) is 6.07 Å². The molecule has 0 atom stereocenters. The lowest BCUT2D eigenvalue weighted by molar-refractivity contribution is 0.0442. The first kappa shape index (κ1) is 16.1. The lowest BCUT2D eigenvalue weighted by Gasteiger charge is -2.08. The van der Waals surface area contributed by atoms with E-state index >= 15 is 0 Å². The molecule has 0 bridgehead atoms. The van der Waals surface area contributed by atoms with E-state index in [4.69, 9.17) is 9.47 Å². The van der Waals surface area contributed by atoms with Crippen molar-refractivity contribution in [3.05, 3.63) is 29.6 Å². The number of nitrogens with zero attached hydrogens (tertiary/aromatic N) is 1. The molecular weight excluding hydrogens is 258 g/mol. The molecular formula is C15H21NO4. The van der Waals surface area contributed by atoms with E-state index in [1.165, 1.54) is 12.1 Å². The molecule has 0 radical (unpaired) electrons. The molecule has 1 aromatic heterocycles. The third-order valence-electron chi connectivity index (χ3n) is 2.26. The first-order chi connectivity index (χ1) is 9.40. The van der Waals surface area contributed by atoms with Crippen molar-refractivity contribution >= 4 is 11.9 Å². The molecule has 1 heterocycles. The molecule has 0 aromatic carbocycles. The molecule has 0 fully saturated rings. The first-order valence-corrected chi connectivity index (χ1v) is 6.71. The Morgan fingerprint density at radius 1 is 0.950 bits per heavy atom. The molecule has 1 aromatic rings. The van der Waals surface area contributed by atoms with Gasteiger partial charge in [-0.05, 0) is 24.0 Å². The number of rotatable bonds is 6. The van der Waals surface area contributed by atoms with Crippen molar-refractivity contribution in [2.45, 2.75) is 27.7 Å². The molecule has 0 aliphatic carbocycles. The Morgan fingerprint density at radius 2 is 1.35 bits per heavy atom. The van der Waals surface area contributed by atoms with Gasteiger partial charge in [-0.3, -0.25) is 0 Å². The van der Waals surface area contributed by atoms with E-state index in [0.29, 0.717) is 13.2 Å². The number of hydrogen-bond donors (Lipinski definition) is 0. The van der Waals surface area contributed by atoms with Gasteiger partial charge in [0.05, 0.1) is 13.2 Å². The van der Waals surface area contributed by atoms with E-state index in [-0.39, 0.29) is 23.2 Å². The van der Waals surface area contributed by atoms with Crippen LogP contribution in [0.15, 0.2) is 18.2 Å². The maximum atomic E-state index is 11.8. The Morgan fingerprint density at radius 3 is 1.70 bits per heavy atom. The van der Waals surface area contributed by atoms with Crippen molar-refractivity contribution in [3.8, 4) is 0 Å². The molecule has 0 unspecified atom stereocenters. The second-order valence-corrected chi connectivity index (χ2v) is 5.39. The van der Waals surface area contributed by atoms with Crippen LogP contribution in [-0.2, 0) is 9.47 Å². The molecule has 0 amide bonds. The fourth-order valence-corrected chi connectivity index (χ4v) is 1.29. The minimum Gasteiger partial charge on any atom is -0.461 e. The van der Waals surface area contributed by atoms with Crippen LogP contribution in [0.5, 0.6) is 0 Å². The van der Waals surface area contributed by atoms with Gasteiger partial charge >= 0.3 is 11.9 Å². The highest BCUT2D eigenvalue weighted by molar-refractivity contribution is 5.91. The lowest BCUT2D eigenvalue weighted by atomic mass is 10.2. The van der Waals surface area contributed by atoms with Crippen molar-refractivity contribution in [2.24, 2.45) is 11.8 Å². The molecule has 0 spiro atoms. The molecule has 5 nitrogen and oxygen atoms in total. The van der Waals surface area contributed by atoms with Crippen LogP contribution >= 0.6 is 0 Å². The van der Waals surface area contributed by atoms with Gasteiger partial charge in [-0.15, -0.1) is 0 Å². The van der Waals surface area contributed by atoms with Crippen LogP contribution in [0.3, 0.4) is 0 Å². The van der Waals surface area contributed by atoms with Gasteiger partial charge in [0.25, 0.3) is 0 Å². The number of ether oxygens (including phenoxy) is 2. The first-order valence-electron chi connectivity index (χ1n) is 6.71. The largest absolute Gasteiger partial charge is 0.461 e. The van der Waals surface area contributed by atoms with Gasteiger partial charge in [0, 0.05) is 0 Å². The monoisotopic (exact) mass is 279 g/mol. The van der Waals surface area contributed by atoms with Crippen LogP contribution in [-0.4, -0.2) is 30.1 Å². The number of aromatic nitrogens is 1. The third kappa shape index (κ3) is 5.38. The standard InChI is InChI=1S/C15H21NO4/c1-10(2)8-19-14(17)12-6-5-7-13(16-12)15(18)20-9-11(3)4/h5-7,10-11H,8-9H2,1-4H3. The molecule has 0 saturated heterocycles. The number of esters is 2. The minimum absolute atomic E-state index is 0.115. The Hall–Kier alpha value is -1.91. The van der Waals surface area contributed by atoms with E-state index < -0.39 is 11.9 Å². The fraction of sp³-hybridized carbons (Fsp3) is 0.533. The maximum absolute atomic E-state index is 11.8. The van der Waals surface area contributed by atoms with Crippen LogP contribution < -0.4 is 0 Å². The molecule has 1 rings (SSSR count). The highest BCUT2D eigenvalue weighted by atomic mass is 16.5. The summed E-state index contributed by atoms with van der Waals surface area (Å²) in [5.74, 6) is -0.564. The van der Waals surface area contributed by atoms with E-state index in [1.807, 2.05) is 27.7 Å². The van der Waals surface area contributed by atoms with Crippen LogP contribution in [0.25, 0.3) is 0 Å². The molecule has 0 aliphatic rings. The van der Waals surface area contributed by atoms with Crippen LogP contribution in [0, 0.1) is 11.8 Å². The summed E-state index contributed by atoms with van der Waals surface area (Å²) in [7, 11) is 0. The summed E-state index contributed by atoms with van der Waals surface area (Å²) in [6.07, 6.45) is 0. The molecule has 0 saturated carbocycles. The summed E-state index contributed by atoms with van der Waals surface area (Å²) >= 11 is 0. The predicted molar refractivity (Wildman–Crippen MR) is 74.5 cm³/mol. The quantitative estimate of drug-likeness (QED) is 0.749. The van der Waals surface area contributed by atoms with Crippen LogP contribution in [0.4, 0.5) is 0 Å². The van der Waals surface area contributed by atoms with E-state index in [0.717, 1.165) is 0 Å². The highest BCUT2D eigenvalue weighted by Crippen LogP contribution is 2.06. The predicted octanol–water partition coefficient (Wildman–Crippen LogP) is 2.71. The van der Waals surface area contributed by atoms with E-state index in [2.05, 4.69) is 4.98 Å². The van der Waals surface area contributed by atoms with Gasteiger partial charge in [0.15, 0.2) is 0 Å². The maximum Gasteiger partial charge on any atom is 0.356 e. The zero-order valence-electron chi connectivity index (χ0n) is 12.4. The summed E-state index contributed by atoms with van der Waals surface area (Å²) in [4.78, 5) is 27.5. The SMILES string of the molecule is CC(C)COC(=O)c1cccc(C(=O)OCC(C)C)n1. The molecule has 110 valence electrons. The van der Waals surface area contributed by atoms with Crippen molar-refractivity contribution in [1.82, 2.24) is 4.98 Å². The zero-order chi connectivity index (χ0) is 15.1. The molecule has 20 heavy (non-hydrogen) atoms. The van der Waals surface area contributed by atoms with Gasteiger partial charge < -0.3 is 9.47 Å². The molecule has 0 aliphatic heterocycles. The lowest BCUT2D eigenvalue weighted by Crippen LogP contribution is -2.15. The number of hydrogen-bond acceptors (Lipinski definition) is 5. The van der Waals surface area contributed by atoms with Gasteiger partial charge in [-0.2, -0.15) is 0 Å². The highest BCUT2D eigenvalue weighted by Gasteiger charge is 2.15. The van der Waals surface area contributed by atoms with Crippen molar-refractivity contribution < 1.29 is 19.1 Å². The van der Waals surface area contributed by atoms with Crippen LogP contribution in [0.1, 0.15) is 48.7 Å². The number of pyridine rings is 1. The van der Waals surface area contributed by atoms with Crippen molar-refractivity contribution in [1.29, 1.82) is 0 Å². The Kier molecular flexibility index (Phi) is 6.15. The summed E-state index contributed by atoms with van der Waals surface area (Å²) in [5, 5.41) is 0. The Labute approximate surface area is 119 Å². The smallest absolute Gasteiger partial charge is 0.356 e. The molecule has 0 N–H and O–H groups in total. The second-order valence-electron chi connectivity index (χ2n) is 5.39. The fourth-order valence-electron chi connectivity index (χ4n) is 1.29. The normalized spacial score (nSPS) is 10.7. The third-order valence-corrected chi connectivity index (χ3v) is 2.26. The summed E-state index contributed by atoms with van der Waals surface area (Å²) in [5.41, 5.74) is 0.231. The van der Waals surface area contributed by atoms with Gasteiger partial charge in [0.2, 0.25) is 0 Å². The zero-order valence-corrected chi connectivity index (χ0v) is 12.4. The molecule has 5 heteroatoms. The van der Waals surface area contributed by atoms with Crippen molar-refractivity contribution in [2.75, 3.05) is 13.2 Å². The summed E-state index contributed by atoms with van der Waals surface area (Å²) in [6, 6.07) is 4.62. The Balaban J connectivity index is 2.70. The minimum atomic E-state index is -0.530. The number of carbonyl (C=O) groups excluding carboxylic acids is 2. The van der Waals surface area contributed by atoms with Crippen molar-refractivity contribution in [3.63, 3.8) is 0 Å². The van der Waals surface area contributed by atoms with Gasteiger partial charge in [0.1, 0.15) is 11.4 Å². The average Bonchev–Trinajstić information content (AvgIpc) is 2.42. The van der Waals surface area contributed by atoms with Gasteiger partial charge in [-0.25, -0.2) is 14.6 Å². The number of carbonyl (C=O) groups is 2. The van der Waals surface area contributed by atoms with Gasteiger partial charge in [-0.1, -0.05) is 33.8 Å². The second kappa shape index (κ2) is 7.62.